The molecule has 3 aliphatic heterocycles. The number of hydrogen-bond donors (Lipinski definition) is 3. The first-order chi connectivity index (χ1) is 25.3. The van der Waals surface area contributed by atoms with Gasteiger partial charge in [-0.15, -0.1) is 0 Å². The second kappa shape index (κ2) is 16.0. The standard InChI is InChI=1S/C40H60O13/c1-19-24(12-13-47-19)25-10-11-27-26(37(25)44)9-8-23-14-30(29(42)18-40(23,27)5)51-34-17-32(46-7)39(22(4)50-34)53-33-15-28(41)38(21(3)49-33)52-35-16-31(45-6)36(43)20(2)48-35/h8,12-13,20-22,25-36,38-39,41-43H,9-11,14-18H2,1-7H3/t20-,21+,22+,25+,26+,27-,28-,29+,30-,31+,32+,33-,34-,35-,36-,38+,39-,40+/m0/s1. The highest BCUT2D eigenvalue weighted by molar-refractivity contribution is 5.89. The zero-order valence-corrected chi connectivity index (χ0v) is 32.1. The Bertz CT molecular complexity index is 1430. The van der Waals surface area contributed by atoms with Crippen molar-refractivity contribution in [1.82, 2.24) is 0 Å². The summed E-state index contributed by atoms with van der Waals surface area (Å²) in [5.74, 6) is 1.11. The Morgan fingerprint density at radius 2 is 1.43 bits per heavy atom. The number of carbonyl (C=O) groups is 1. The molecular weight excluding hydrogens is 688 g/mol. The van der Waals surface area contributed by atoms with E-state index in [1.807, 2.05) is 26.8 Å². The summed E-state index contributed by atoms with van der Waals surface area (Å²) in [5, 5.41) is 33.0. The van der Waals surface area contributed by atoms with Crippen LogP contribution in [-0.4, -0.2) is 121 Å². The number of rotatable bonds is 9. The lowest BCUT2D eigenvalue weighted by Crippen LogP contribution is -2.57. The molecule has 298 valence electrons. The van der Waals surface area contributed by atoms with Crippen molar-refractivity contribution in [2.75, 3.05) is 14.2 Å². The third-order valence-electron chi connectivity index (χ3n) is 13.4. The van der Waals surface area contributed by atoms with E-state index in [2.05, 4.69) is 13.0 Å². The second-order valence-corrected chi connectivity index (χ2v) is 16.5. The molecule has 18 atom stereocenters. The van der Waals surface area contributed by atoms with E-state index in [-0.39, 0.29) is 35.7 Å². The number of aliphatic hydroxyl groups is 3. The summed E-state index contributed by atoms with van der Waals surface area (Å²) >= 11 is 0. The Labute approximate surface area is 312 Å². The summed E-state index contributed by atoms with van der Waals surface area (Å²) in [7, 11) is 3.17. The van der Waals surface area contributed by atoms with Gasteiger partial charge in [-0.05, 0) is 77.2 Å². The number of aryl methyl sites for hydroxylation is 1. The molecule has 13 heteroatoms. The van der Waals surface area contributed by atoms with E-state index >= 15 is 0 Å². The maximum atomic E-state index is 13.8. The molecule has 4 heterocycles. The van der Waals surface area contributed by atoms with Gasteiger partial charge in [0.05, 0.1) is 55.1 Å². The molecule has 13 nitrogen and oxygen atoms in total. The van der Waals surface area contributed by atoms with Crippen LogP contribution in [0, 0.1) is 24.2 Å². The molecule has 3 aliphatic carbocycles. The van der Waals surface area contributed by atoms with Crippen LogP contribution >= 0.6 is 0 Å². The van der Waals surface area contributed by atoms with Crippen LogP contribution in [-0.2, 0) is 42.7 Å². The minimum absolute atomic E-state index is 0.0626. The number of allylic oxidation sites excluding steroid dienone is 1. The van der Waals surface area contributed by atoms with E-state index in [0.717, 1.165) is 24.2 Å². The van der Waals surface area contributed by atoms with Gasteiger partial charge in [0.25, 0.3) is 0 Å². The number of ketones is 1. The van der Waals surface area contributed by atoms with Crippen molar-refractivity contribution in [3.05, 3.63) is 35.3 Å². The number of hydrogen-bond acceptors (Lipinski definition) is 13. The average Bonchev–Trinajstić information content (AvgIpc) is 3.54. The van der Waals surface area contributed by atoms with Crippen LogP contribution in [0.2, 0.25) is 0 Å². The molecular formula is C40H60O13. The summed E-state index contributed by atoms with van der Waals surface area (Å²) in [6.07, 6.45) is 0.130. The number of Topliss-reactive ketones (excluding diaryl/α,β-unsaturated/α-hetero) is 1. The Balaban J connectivity index is 0.932. The minimum atomic E-state index is -0.885. The highest BCUT2D eigenvalue weighted by Gasteiger charge is 2.55. The molecule has 6 aliphatic rings. The lowest BCUT2D eigenvalue weighted by molar-refractivity contribution is -0.338. The lowest BCUT2D eigenvalue weighted by atomic mass is 9.51. The van der Waals surface area contributed by atoms with Crippen molar-refractivity contribution < 1.29 is 62.4 Å². The first-order valence-corrected chi connectivity index (χ1v) is 19.6. The lowest BCUT2D eigenvalue weighted by Gasteiger charge is -2.54. The number of aliphatic hydroxyl groups excluding tert-OH is 3. The predicted molar refractivity (Wildman–Crippen MR) is 189 cm³/mol. The smallest absolute Gasteiger partial charge is 0.161 e. The van der Waals surface area contributed by atoms with E-state index in [1.54, 1.807) is 27.4 Å². The van der Waals surface area contributed by atoms with E-state index in [1.165, 1.54) is 5.57 Å². The molecule has 3 N–H and O–H groups in total. The van der Waals surface area contributed by atoms with E-state index in [4.69, 9.17) is 42.3 Å². The normalized spacial score (nSPS) is 47.8. The van der Waals surface area contributed by atoms with Gasteiger partial charge < -0.3 is 57.6 Å². The molecule has 0 radical (unpaired) electrons. The first kappa shape index (κ1) is 39.5. The SMILES string of the molecule is CO[C@@H]1C[C@H](O[C@H]2[C@@H](O)C[C@H](O[C@H]3[C@@H](C)O[C@@H](O[C@H]4CC5=CC[C@H]6C(=O)[C@@H](c7ccoc7C)CC[C@@H]6[C@]5(C)C[C@H]4O)C[C@H]3OC)O[C@@H]2C)O[C@@H](C)[C@@H]1O. The molecule has 53 heavy (non-hydrogen) atoms. The predicted octanol–water partition coefficient (Wildman–Crippen LogP) is 4.07. The van der Waals surface area contributed by atoms with E-state index in [9.17, 15) is 20.1 Å². The van der Waals surface area contributed by atoms with Gasteiger partial charge in [-0.3, -0.25) is 4.79 Å². The fourth-order valence-electron chi connectivity index (χ4n) is 10.3. The van der Waals surface area contributed by atoms with Crippen molar-refractivity contribution in [3.8, 4) is 0 Å². The molecule has 0 unspecified atom stereocenters. The number of methoxy groups -OCH3 is 2. The quantitative estimate of drug-likeness (QED) is 0.310. The zero-order valence-electron chi connectivity index (χ0n) is 32.1. The molecule has 0 spiro atoms. The number of carbonyl (C=O) groups excluding carboxylic acids is 1. The Morgan fingerprint density at radius 1 is 0.792 bits per heavy atom. The largest absolute Gasteiger partial charge is 0.469 e. The van der Waals surface area contributed by atoms with Crippen LogP contribution in [0.25, 0.3) is 0 Å². The van der Waals surface area contributed by atoms with Crippen LogP contribution in [0.5, 0.6) is 0 Å². The number of fused-ring (bicyclic) bond motifs is 3. The topological polar surface area (TPSA) is 165 Å². The average molecular weight is 749 g/mol. The molecule has 7 rings (SSSR count). The van der Waals surface area contributed by atoms with Crippen LogP contribution in [0.4, 0.5) is 0 Å². The van der Waals surface area contributed by atoms with Crippen molar-refractivity contribution in [3.63, 3.8) is 0 Å². The molecule has 1 aromatic heterocycles. The first-order valence-electron chi connectivity index (χ1n) is 19.6. The maximum Gasteiger partial charge on any atom is 0.161 e. The van der Waals surface area contributed by atoms with Crippen molar-refractivity contribution in [1.29, 1.82) is 0 Å². The Kier molecular flexibility index (Phi) is 11.9. The highest BCUT2D eigenvalue weighted by Crippen LogP contribution is 2.58. The summed E-state index contributed by atoms with van der Waals surface area (Å²) in [6, 6.07) is 1.94. The molecule has 1 aromatic rings. The van der Waals surface area contributed by atoms with Gasteiger partial charge in [0.1, 0.15) is 29.9 Å². The summed E-state index contributed by atoms with van der Waals surface area (Å²) < 4.78 is 54.3. The van der Waals surface area contributed by atoms with Gasteiger partial charge >= 0.3 is 0 Å². The molecule has 2 saturated carbocycles. The minimum Gasteiger partial charge on any atom is -0.469 e. The fourth-order valence-corrected chi connectivity index (χ4v) is 10.3. The van der Waals surface area contributed by atoms with Crippen molar-refractivity contribution >= 4 is 5.78 Å². The second-order valence-electron chi connectivity index (χ2n) is 16.5. The third-order valence-corrected chi connectivity index (χ3v) is 13.4. The van der Waals surface area contributed by atoms with Crippen LogP contribution < -0.4 is 0 Å². The third kappa shape index (κ3) is 7.70. The van der Waals surface area contributed by atoms with Crippen LogP contribution in [0.15, 0.2) is 28.4 Å². The molecule has 0 aromatic carbocycles. The van der Waals surface area contributed by atoms with Gasteiger partial charge in [0.15, 0.2) is 18.9 Å². The van der Waals surface area contributed by atoms with Crippen molar-refractivity contribution in [2.45, 2.75) is 178 Å². The van der Waals surface area contributed by atoms with Gasteiger partial charge in [-0.25, -0.2) is 0 Å². The summed E-state index contributed by atoms with van der Waals surface area (Å²) in [5.41, 5.74) is 2.00. The van der Waals surface area contributed by atoms with E-state index < -0.39 is 79.9 Å². The van der Waals surface area contributed by atoms with Gasteiger partial charge in [0.2, 0.25) is 0 Å². The van der Waals surface area contributed by atoms with Gasteiger partial charge in [-0.1, -0.05) is 18.6 Å². The summed E-state index contributed by atoms with van der Waals surface area (Å²) in [6.45, 7) is 9.63. The molecule has 0 bridgehead atoms. The van der Waals surface area contributed by atoms with Crippen LogP contribution in [0.1, 0.15) is 96.3 Å². The van der Waals surface area contributed by atoms with Gasteiger partial charge in [-0.2, -0.15) is 0 Å². The van der Waals surface area contributed by atoms with Crippen LogP contribution in [0.3, 0.4) is 0 Å². The number of ether oxygens (including phenoxy) is 8. The van der Waals surface area contributed by atoms with Crippen molar-refractivity contribution in [2.24, 2.45) is 17.3 Å². The summed E-state index contributed by atoms with van der Waals surface area (Å²) in [4.78, 5) is 13.8. The zero-order chi connectivity index (χ0) is 37.8. The highest BCUT2D eigenvalue weighted by atomic mass is 16.7. The fraction of sp³-hybridized carbons (Fsp3) is 0.825. The van der Waals surface area contributed by atoms with Gasteiger partial charge in [0, 0.05) is 50.9 Å². The Morgan fingerprint density at radius 3 is 2.11 bits per heavy atom. The molecule has 5 fully saturated rings. The Hall–Kier alpha value is -1.75. The van der Waals surface area contributed by atoms with E-state index in [0.29, 0.717) is 37.9 Å². The molecule has 0 amide bonds. The maximum absolute atomic E-state index is 13.8. The molecule has 3 saturated heterocycles. The monoisotopic (exact) mass is 748 g/mol. The number of furan rings is 1.